The van der Waals surface area contributed by atoms with Gasteiger partial charge in [0.25, 0.3) is 0 Å². The van der Waals surface area contributed by atoms with Gasteiger partial charge in [-0.2, -0.15) is 0 Å². The van der Waals surface area contributed by atoms with E-state index in [0.29, 0.717) is 0 Å². The van der Waals surface area contributed by atoms with Crippen LogP contribution in [-0.4, -0.2) is 5.48 Å². The molecule has 0 aromatic carbocycles. The first-order valence-corrected chi connectivity index (χ1v) is 6.83. The zero-order valence-electron chi connectivity index (χ0n) is 4.30. The molecule has 0 aliphatic carbocycles. The summed E-state index contributed by atoms with van der Waals surface area (Å²) in [5.41, 5.74) is 0. The van der Waals surface area contributed by atoms with Gasteiger partial charge in [0.15, 0.2) is 0 Å². The molecule has 0 radical (unpaired) electrons. The summed E-state index contributed by atoms with van der Waals surface area (Å²) in [5, 5.41) is 0. The summed E-state index contributed by atoms with van der Waals surface area (Å²) >= 11 is -4.98. The summed E-state index contributed by atoms with van der Waals surface area (Å²) in [5.74, 6) is 0. The Balaban J connectivity index is 0. The van der Waals surface area contributed by atoms with Crippen molar-refractivity contribution in [2.24, 2.45) is 26.9 Å². The molecule has 0 amide bonds. The molecular weight excluding hydrogens is 203 g/mol. The van der Waals surface area contributed by atoms with Gasteiger partial charge >= 0.3 is 40.7 Å². The van der Waals surface area contributed by atoms with E-state index in [2.05, 4.69) is 0 Å². The van der Waals surface area contributed by atoms with Crippen molar-refractivity contribution in [2.75, 3.05) is 0 Å². The first-order chi connectivity index (χ1) is 2.45. The normalized spacial score (nSPS) is 20.2. The molecule has 14 N–H and O–H groups in total. The minimum absolute atomic E-state index is 0. The molecule has 0 bridgehead atoms. The molecule has 8 heteroatoms. The second-order valence-corrected chi connectivity index (χ2v) is 9.86. The first kappa shape index (κ1) is 11.2. The van der Waals surface area contributed by atoms with Gasteiger partial charge in [0.1, 0.15) is 0 Å². The molecule has 0 aliphatic heterocycles. The zero-order valence-corrected chi connectivity index (χ0v) is 5.94. The van der Waals surface area contributed by atoms with Crippen molar-refractivity contribution in [1.82, 2.24) is 0 Å². The van der Waals surface area contributed by atoms with Gasteiger partial charge < -0.3 is 5.48 Å². The molecule has 0 saturated heterocycles. The molecule has 0 heterocycles. The van der Waals surface area contributed by atoms with Crippen molar-refractivity contribution in [2.45, 2.75) is 0 Å². The first-order valence-electron chi connectivity index (χ1n) is 1.15. The Labute approximate surface area is 46.9 Å². The summed E-state index contributed by atoms with van der Waals surface area (Å²) in [4.78, 5) is 0. The van der Waals surface area contributed by atoms with E-state index in [-0.39, 0.29) is 5.48 Å². The number of hydrogen-bond acceptors (Lipinski definition) is 6. The van der Waals surface area contributed by atoms with Crippen LogP contribution < -0.4 is 26.9 Å². The summed E-state index contributed by atoms with van der Waals surface area (Å²) in [7, 11) is 0. The summed E-state index contributed by atoms with van der Waals surface area (Å²) < 4.78 is 29.4. The Bertz CT molecular complexity index is 67.1. The van der Waals surface area contributed by atoms with Crippen molar-refractivity contribution in [3.63, 3.8) is 0 Å². The van der Waals surface area contributed by atoms with E-state index in [0.717, 1.165) is 0 Å². The van der Waals surface area contributed by atoms with Gasteiger partial charge in [-0.15, -0.1) is 0 Å². The summed E-state index contributed by atoms with van der Waals surface area (Å²) in [6, 6.07) is 0. The average molecular weight is 217 g/mol. The fraction of sp³-hybridized carbons (Fsp3) is 0. The van der Waals surface area contributed by atoms with Crippen LogP contribution in [0, 0.1) is 0 Å². The predicted molar refractivity (Wildman–Crippen MR) is 28.7 cm³/mol. The number of rotatable bonds is 0. The Kier molecular flexibility index (Phi) is 1.75. The van der Waals surface area contributed by atoms with Crippen LogP contribution in [0.15, 0.2) is 0 Å². The molecule has 0 aromatic rings. The third-order valence-electron chi connectivity index (χ3n) is 0. The summed E-state index contributed by atoms with van der Waals surface area (Å²) in [6.07, 6.45) is 0. The third kappa shape index (κ3) is 1540. The summed E-state index contributed by atoms with van der Waals surface area (Å²) in [6.45, 7) is 0. The predicted octanol–water partition coefficient (Wildman–Crippen LogP) is -4.37. The van der Waals surface area contributed by atoms with Crippen molar-refractivity contribution in [3.8, 4) is 0 Å². The molecular formula is H14N6ORh. The van der Waals surface area contributed by atoms with Crippen LogP contribution in [0.25, 0.3) is 0 Å². The second-order valence-electron chi connectivity index (χ2n) is 1.67. The quantitative estimate of drug-likeness (QED) is 0.222. The van der Waals surface area contributed by atoms with Crippen LogP contribution >= 0.6 is 0 Å². The SMILES string of the molecule is O.[NH2][Rh]([NH2])([NH2])([NH2])([NH2])[NH2]. The van der Waals surface area contributed by atoms with Crippen molar-refractivity contribution in [1.29, 1.82) is 0 Å². The Hall–Kier alpha value is 0.343. The van der Waals surface area contributed by atoms with E-state index in [1.54, 1.807) is 0 Å². The van der Waals surface area contributed by atoms with E-state index in [1.807, 2.05) is 0 Å². The monoisotopic (exact) mass is 217 g/mol. The molecule has 0 atom stereocenters. The standard InChI is InChI=1S/6H2N.H2O.Rh/h7*1H2;/q6*-1;;+6. The van der Waals surface area contributed by atoms with Gasteiger partial charge in [-0.25, -0.2) is 0 Å². The maximum atomic E-state index is 4.90. The Morgan fingerprint density at radius 3 is 0.625 bits per heavy atom. The van der Waals surface area contributed by atoms with E-state index in [1.165, 1.54) is 0 Å². The molecule has 0 aromatic heterocycles. The van der Waals surface area contributed by atoms with Crippen molar-refractivity contribution >= 4 is 0 Å². The Morgan fingerprint density at radius 1 is 0.625 bits per heavy atom. The van der Waals surface area contributed by atoms with E-state index in [4.69, 9.17) is 26.9 Å². The average Bonchev–Trinajstić information content (AvgIpc) is 0.592. The molecule has 59 valence electrons. The Morgan fingerprint density at radius 2 is 0.625 bits per heavy atom. The zero-order chi connectivity index (χ0) is 6.41. The molecule has 0 fully saturated rings. The van der Waals surface area contributed by atoms with Crippen LogP contribution in [0.2, 0.25) is 0 Å². The molecule has 7 nitrogen and oxygen atoms in total. The number of nitrogens with two attached hydrogens (primary N) is 6. The minimum atomic E-state index is -4.98. The molecule has 0 rings (SSSR count). The van der Waals surface area contributed by atoms with Crippen molar-refractivity contribution in [3.05, 3.63) is 0 Å². The maximum absolute atomic E-state index is 4.98. The van der Waals surface area contributed by atoms with Gasteiger partial charge in [-0.3, -0.25) is 0 Å². The van der Waals surface area contributed by atoms with E-state index >= 15 is 0 Å². The van der Waals surface area contributed by atoms with Crippen LogP contribution in [-0.2, 0) is 13.9 Å². The molecule has 0 spiro atoms. The molecule has 8 heavy (non-hydrogen) atoms. The van der Waals surface area contributed by atoms with Gasteiger partial charge in [0, 0.05) is 0 Å². The fourth-order valence-corrected chi connectivity index (χ4v) is 0. The third-order valence-corrected chi connectivity index (χ3v) is 0. The van der Waals surface area contributed by atoms with Gasteiger partial charge in [0.05, 0.1) is 0 Å². The number of hydrogen-bond donors (Lipinski definition) is 6. The molecule has 0 saturated carbocycles. The van der Waals surface area contributed by atoms with E-state index < -0.39 is 13.9 Å². The van der Waals surface area contributed by atoms with Crippen LogP contribution in [0.5, 0.6) is 0 Å². The van der Waals surface area contributed by atoms with E-state index in [9.17, 15) is 0 Å². The molecule has 0 unspecified atom stereocenters. The topological polar surface area (TPSA) is 188 Å². The van der Waals surface area contributed by atoms with Crippen LogP contribution in [0.1, 0.15) is 0 Å². The van der Waals surface area contributed by atoms with Gasteiger partial charge in [0.2, 0.25) is 0 Å². The second kappa shape index (κ2) is 1.26. The van der Waals surface area contributed by atoms with Gasteiger partial charge in [-0.05, 0) is 0 Å². The van der Waals surface area contributed by atoms with Crippen LogP contribution in [0.3, 0.4) is 0 Å². The van der Waals surface area contributed by atoms with Crippen LogP contribution in [0.4, 0.5) is 0 Å². The fourth-order valence-electron chi connectivity index (χ4n) is 0. The molecule has 0 aliphatic rings. The van der Waals surface area contributed by atoms with Gasteiger partial charge in [-0.1, -0.05) is 0 Å². The van der Waals surface area contributed by atoms with Crippen molar-refractivity contribution < 1.29 is 19.3 Å².